The van der Waals surface area contributed by atoms with E-state index < -0.39 is 30.0 Å². The number of pyridine rings is 1. The number of carbonyl (C=O) groups is 4. The van der Waals surface area contributed by atoms with E-state index in [1.54, 1.807) is 19.3 Å². The number of hydrogen-bond donors (Lipinski definition) is 4. The molecule has 3 atom stereocenters. The molecule has 2 heterocycles. The van der Waals surface area contributed by atoms with Crippen LogP contribution in [0.3, 0.4) is 0 Å². The number of nitrogens with zero attached hydrogens (tertiary/aromatic N) is 2. The molecule has 0 aliphatic carbocycles. The number of benzene rings is 2. The third-order valence-electron chi connectivity index (χ3n) is 7.69. The predicted octanol–water partition coefficient (Wildman–Crippen LogP) is 4.40. The summed E-state index contributed by atoms with van der Waals surface area (Å²) < 4.78 is 10.5. The summed E-state index contributed by atoms with van der Waals surface area (Å²) in [6, 6.07) is 16.0. The number of rotatable bonds is 17. The van der Waals surface area contributed by atoms with Crippen molar-refractivity contribution in [1.29, 1.82) is 0 Å². The van der Waals surface area contributed by atoms with Gasteiger partial charge in [-0.3, -0.25) is 19.4 Å². The number of alkyl carbamates (subject to hydrolysis) is 1. The van der Waals surface area contributed by atoms with Crippen LogP contribution in [0.1, 0.15) is 56.9 Å². The van der Waals surface area contributed by atoms with Crippen LogP contribution in [0.2, 0.25) is 0 Å². The Morgan fingerprint density at radius 1 is 0.833 bits per heavy atom. The van der Waals surface area contributed by atoms with Gasteiger partial charge in [-0.25, -0.2) is 9.78 Å². The molecule has 4 aromatic rings. The average Bonchev–Trinajstić information content (AvgIpc) is 3.59. The highest BCUT2D eigenvalue weighted by atomic mass is 16.5. The number of fused-ring (bicyclic) bond motifs is 1. The molecule has 4 N–H and O–H groups in total. The zero-order chi connectivity index (χ0) is 34.3. The van der Waals surface area contributed by atoms with Gasteiger partial charge in [0.2, 0.25) is 11.8 Å². The molecule has 2 aromatic carbocycles. The fourth-order valence-electron chi connectivity index (χ4n) is 5.42. The van der Waals surface area contributed by atoms with Gasteiger partial charge in [0.05, 0.1) is 24.1 Å². The monoisotopic (exact) mass is 656 g/mol. The number of amides is 3. The van der Waals surface area contributed by atoms with E-state index in [9.17, 15) is 19.2 Å². The maximum absolute atomic E-state index is 14.0. The maximum Gasteiger partial charge on any atom is 0.408 e. The molecule has 0 fully saturated rings. The van der Waals surface area contributed by atoms with Gasteiger partial charge in [0.15, 0.2) is 0 Å². The van der Waals surface area contributed by atoms with E-state index in [1.165, 1.54) is 6.33 Å². The SMILES string of the molecule is CCOC(=O)CC[C@@H](CC(C)C)NC(=O)[C@H](Cc1c[nH]cn1)NC(=O)[C@@H](Cc1cccc2ncccc12)NC(=O)OCc1ccccc1. The number of hydrogen-bond acceptors (Lipinski definition) is 8. The molecule has 4 rings (SSSR count). The lowest BCUT2D eigenvalue weighted by Crippen LogP contribution is -2.56. The Kier molecular flexibility index (Phi) is 13.5. The third kappa shape index (κ3) is 11.2. The predicted molar refractivity (Wildman–Crippen MR) is 180 cm³/mol. The molecule has 0 aliphatic rings. The molecule has 12 heteroatoms. The van der Waals surface area contributed by atoms with Crippen LogP contribution >= 0.6 is 0 Å². The summed E-state index contributed by atoms with van der Waals surface area (Å²) >= 11 is 0. The number of aromatic nitrogens is 3. The lowest BCUT2D eigenvalue weighted by Gasteiger charge is -2.26. The number of imidazole rings is 1. The van der Waals surface area contributed by atoms with Gasteiger partial charge >= 0.3 is 12.1 Å². The molecule has 3 amide bonds. The Labute approximate surface area is 280 Å². The highest BCUT2D eigenvalue weighted by Gasteiger charge is 2.30. The van der Waals surface area contributed by atoms with E-state index in [2.05, 4.69) is 30.9 Å². The summed E-state index contributed by atoms with van der Waals surface area (Å²) in [5.41, 5.74) is 2.89. The van der Waals surface area contributed by atoms with Crippen LogP contribution in [0, 0.1) is 5.92 Å². The van der Waals surface area contributed by atoms with Crippen LogP contribution in [-0.4, -0.2) is 63.6 Å². The van der Waals surface area contributed by atoms with Gasteiger partial charge < -0.3 is 30.4 Å². The van der Waals surface area contributed by atoms with E-state index in [1.807, 2.05) is 74.5 Å². The number of H-pyrrole nitrogens is 1. The zero-order valence-corrected chi connectivity index (χ0v) is 27.6. The summed E-state index contributed by atoms with van der Waals surface area (Å²) in [5.74, 6) is -1.10. The molecule has 48 heavy (non-hydrogen) atoms. The van der Waals surface area contributed by atoms with Crippen molar-refractivity contribution in [3.8, 4) is 0 Å². The summed E-state index contributed by atoms with van der Waals surface area (Å²) in [5, 5.41) is 9.45. The lowest BCUT2D eigenvalue weighted by molar-refractivity contribution is -0.143. The molecule has 12 nitrogen and oxygen atoms in total. The van der Waals surface area contributed by atoms with Crippen LogP contribution < -0.4 is 16.0 Å². The molecular formula is C36H44N6O6. The van der Waals surface area contributed by atoms with Gasteiger partial charge in [-0.15, -0.1) is 0 Å². The number of aromatic amines is 1. The maximum atomic E-state index is 14.0. The average molecular weight is 657 g/mol. The van der Waals surface area contributed by atoms with Crippen LogP contribution in [0.15, 0.2) is 79.4 Å². The minimum Gasteiger partial charge on any atom is -0.466 e. The largest absolute Gasteiger partial charge is 0.466 e. The van der Waals surface area contributed by atoms with Crippen LogP contribution in [0.5, 0.6) is 0 Å². The van der Waals surface area contributed by atoms with Crippen molar-refractivity contribution in [2.45, 2.75) is 77.6 Å². The topological polar surface area (TPSA) is 164 Å². The molecule has 2 aromatic heterocycles. The van der Waals surface area contributed by atoms with Gasteiger partial charge in [0.1, 0.15) is 18.7 Å². The second-order valence-corrected chi connectivity index (χ2v) is 12.0. The highest BCUT2D eigenvalue weighted by molar-refractivity contribution is 5.92. The molecule has 0 unspecified atom stereocenters. The summed E-state index contributed by atoms with van der Waals surface area (Å²) in [6.07, 6.45) is 5.43. The summed E-state index contributed by atoms with van der Waals surface area (Å²) in [4.78, 5) is 64.5. The molecular weight excluding hydrogens is 612 g/mol. The van der Waals surface area contributed by atoms with Gasteiger partial charge in [-0.05, 0) is 48.9 Å². The first kappa shape index (κ1) is 35.6. The Balaban J connectivity index is 1.55. The second kappa shape index (κ2) is 18.2. The lowest BCUT2D eigenvalue weighted by atomic mass is 9.98. The number of esters is 1. The molecule has 0 bridgehead atoms. The van der Waals surface area contributed by atoms with Crippen molar-refractivity contribution in [3.05, 3.63) is 96.2 Å². The minimum atomic E-state index is -1.09. The first-order valence-electron chi connectivity index (χ1n) is 16.3. The first-order valence-corrected chi connectivity index (χ1v) is 16.3. The van der Waals surface area contributed by atoms with E-state index in [0.29, 0.717) is 18.5 Å². The Morgan fingerprint density at radius 2 is 1.60 bits per heavy atom. The molecule has 0 radical (unpaired) electrons. The number of carbonyl (C=O) groups excluding carboxylic acids is 4. The van der Waals surface area contributed by atoms with Crippen molar-refractivity contribution < 1.29 is 28.7 Å². The zero-order valence-electron chi connectivity index (χ0n) is 27.6. The van der Waals surface area contributed by atoms with Gasteiger partial charge in [-0.1, -0.05) is 62.4 Å². The Bertz CT molecular complexity index is 1620. The van der Waals surface area contributed by atoms with Crippen LogP contribution in [-0.2, 0) is 43.3 Å². The first-order chi connectivity index (χ1) is 23.2. The van der Waals surface area contributed by atoms with Gasteiger partial charge in [0, 0.05) is 43.1 Å². The highest BCUT2D eigenvalue weighted by Crippen LogP contribution is 2.19. The number of nitrogens with one attached hydrogen (secondary N) is 4. The fraction of sp³-hybridized carbons (Fsp3) is 0.389. The van der Waals surface area contributed by atoms with E-state index in [0.717, 1.165) is 22.0 Å². The molecule has 0 saturated heterocycles. The molecule has 0 spiro atoms. The standard InChI is InChI=1S/C36H44N6O6/c1-4-47-33(43)16-15-27(18-24(2)3)40-34(44)32(20-28-21-37-23-39-28)41-35(45)31(42-36(46)48-22-25-10-6-5-7-11-25)19-26-12-8-14-30-29(26)13-9-17-38-30/h5-14,17,21,23-24,27,31-32H,4,15-16,18-20,22H2,1-3H3,(H,37,39)(H,40,44)(H,41,45)(H,42,46)/t27-,31+,32-/m0/s1. The van der Waals surface area contributed by atoms with Crippen molar-refractivity contribution in [2.75, 3.05) is 6.61 Å². The molecule has 254 valence electrons. The Morgan fingerprint density at radius 3 is 2.33 bits per heavy atom. The summed E-state index contributed by atoms with van der Waals surface area (Å²) in [6.45, 7) is 6.11. The number of ether oxygens (including phenoxy) is 2. The van der Waals surface area contributed by atoms with Crippen molar-refractivity contribution in [2.24, 2.45) is 5.92 Å². The van der Waals surface area contributed by atoms with Crippen molar-refractivity contribution in [1.82, 2.24) is 30.9 Å². The van der Waals surface area contributed by atoms with Gasteiger partial charge in [-0.2, -0.15) is 0 Å². The van der Waals surface area contributed by atoms with Crippen LogP contribution in [0.25, 0.3) is 10.9 Å². The second-order valence-electron chi connectivity index (χ2n) is 12.0. The third-order valence-corrected chi connectivity index (χ3v) is 7.69. The fourth-order valence-corrected chi connectivity index (χ4v) is 5.42. The van der Waals surface area contributed by atoms with Gasteiger partial charge in [0.25, 0.3) is 0 Å². The van der Waals surface area contributed by atoms with E-state index >= 15 is 0 Å². The normalized spacial score (nSPS) is 12.9. The summed E-state index contributed by atoms with van der Waals surface area (Å²) in [7, 11) is 0. The van der Waals surface area contributed by atoms with E-state index in [-0.39, 0.29) is 50.4 Å². The Hall–Kier alpha value is -5.26. The molecule has 0 saturated carbocycles. The minimum absolute atomic E-state index is 0.0203. The van der Waals surface area contributed by atoms with Crippen molar-refractivity contribution >= 4 is 34.8 Å². The molecule has 0 aliphatic heterocycles. The smallest absolute Gasteiger partial charge is 0.408 e. The van der Waals surface area contributed by atoms with Crippen molar-refractivity contribution in [3.63, 3.8) is 0 Å². The van der Waals surface area contributed by atoms with E-state index in [4.69, 9.17) is 9.47 Å². The van der Waals surface area contributed by atoms with Crippen LogP contribution in [0.4, 0.5) is 4.79 Å². The quantitative estimate of drug-likeness (QED) is 0.122.